The van der Waals surface area contributed by atoms with Gasteiger partial charge in [-0.3, -0.25) is 4.72 Å². The third kappa shape index (κ3) is 4.15. The number of carbonyl (C=O) groups excluding carboxylic acids is 1. The van der Waals surface area contributed by atoms with E-state index in [1.807, 2.05) is 0 Å². The van der Waals surface area contributed by atoms with E-state index >= 15 is 0 Å². The van der Waals surface area contributed by atoms with Crippen LogP contribution < -0.4 is 15.8 Å². The number of aromatic carboxylic acids is 1. The summed E-state index contributed by atoms with van der Waals surface area (Å²) in [7, 11) is -3.91. The molecule has 8 nitrogen and oxygen atoms in total. The topological polar surface area (TPSA) is 139 Å². The number of amides is 2. The highest BCUT2D eigenvalue weighted by atomic mass is 32.2. The van der Waals surface area contributed by atoms with Gasteiger partial charge >= 0.3 is 12.0 Å². The second kappa shape index (κ2) is 6.96. The Morgan fingerprint density at radius 3 is 2.30 bits per heavy atom. The summed E-state index contributed by atoms with van der Waals surface area (Å²) < 4.78 is 27.6. The van der Waals surface area contributed by atoms with Crippen molar-refractivity contribution >= 4 is 44.2 Å². The predicted molar refractivity (Wildman–Crippen MR) is 101 cm³/mol. The first kappa shape index (κ1) is 18.2. The number of nitrogens with two attached hydrogens (primary N) is 1. The second-order valence-electron chi connectivity index (χ2n) is 5.70. The average molecular weight is 385 g/mol. The summed E-state index contributed by atoms with van der Waals surface area (Å²) in [5.41, 5.74) is 5.70. The first-order valence-corrected chi connectivity index (χ1v) is 9.19. The number of nitrogens with one attached hydrogen (secondary N) is 2. The van der Waals surface area contributed by atoms with Crippen LogP contribution in [0, 0.1) is 0 Å². The fourth-order valence-electron chi connectivity index (χ4n) is 2.54. The minimum Gasteiger partial charge on any atom is -0.478 e. The quantitative estimate of drug-likeness (QED) is 0.535. The number of anilines is 2. The Balaban J connectivity index is 1.92. The molecule has 0 aliphatic heterocycles. The van der Waals surface area contributed by atoms with E-state index < -0.39 is 22.0 Å². The number of carboxylic acid groups (broad SMARTS) is 1. The molecular weight excluding hydrogens is 370 g/mol. The lowest BCUT2D eigenvalue weighted by Crippen LogP contribution is -2.19. The van der Waals surface area contributed by atoms with E-state index in [0.29, 0.717) is 16.5 Å². The van der Waals surface area contributed by atoms with Crippen molar-refractivity contribution in [3.05, 3.63) is 66.2 Å². The van der Waals surface area contributed by atoms with Gasteiger partial charge in [-0.15, -0.1) is 0 Å². The van der Waals surface area contributed by atoms with E-state index in [2.05, 4.69) is 10.0 Å². The van der Waals surface area contributed by atoms with Gasteiger partial charge in [-0.25, -0.2) is 18.0 Å². The minimum atomic E-state index is -3.91. The van der Waals surface area contributed by atoms with E-state index in [9.17, 15) is 18.0 Å². The van der Waals surface area contributed by atoms with Crippen LogP contribution in [0.2, 0.25) is 0 Å². The van der Waals surface area contributed by atoms with Crippen LogP contribution in [0.1, 0.15) is 10.4 Å². The van der Waals surface area contributed by atoms with Crippen molar-refractivity contribution in [1.29, 1.82) is 0 Å². The van der Waals surface area contributed by atoms with E-state index in [0.717, 1.165) is 0 Å². The molecule has 0 radical (unpaired) electrons. The summed E-state index contributed by atoms with van der Waals surface area (Å²) >= 11 is 0. The van der Waals surface area contributed by atoms with Crippen LogP contribution in [-0.4, -0.2) is 25.5 Å². The Kier molecular flexibility index (Phi) is 4.70. The molecule has 0 unspecified atom stereocenters. The standard InChI is InChI=1S/C18H15N3O5S/c19-18(24)20-14-6-4-12-10-16(7-5-11(12)8-14)27(25,26)21-15-3-1-2-13(9-15)17(22)23/h1-10,21H,(H,22,23)(H3,19,20,24). The zero-order valence-corrected chi connectivity index (χ0v) is 14.7. The van der Waals surface area contributed by atoms with Gasteiger partial charge in [-0.2, -0.15) is 0 Å². The van der Waals surface area contributed by atoms with E-state index in [4.69, 9.17) is 10.8 Å². The van der Waals surface area contributed by atoms with Gasteiger partial charge in [-0.1, -0.05) is 18.2 Å². The molecule has 9 heteroatoms. The molecule has 0 saturated heterocycles. The molecule has 3 aromatic carbocycles. The van der Waals surface area contributed by atoms with Crippen LogP contribution >= 0.6 is 0 Å². The molecule has 0 saturated carbocycles. The Hall–Kier alpha value is -3.59. The Bertz CT molecular complexity index is 1160. The first-order chi connectivity index (χ1) is 12.7. The van der Waals surface area contributed by atoms with Crippen LogP contribution in [0.3, 0.4) is 0 Å². The van der Waals surface area contributed by atoms with Gasteiger partial charge in [0.15, 0.2) is 0 Å². The molecule has 0 aliphatic carbocycles. The van der Waals surface area contributed by atoms with Gasteiger partial charge in [0.05, 0.1) is 10.5 Å². The number of rotatable bonds is 5. The molecule has 3 rings (SSSR count). The van der Waals surface area contributed by atoms with Crippen molar-refractivity contribution in [1.82, 2.24) is 0 Å². The number of primary amides is 1. The number of urea groups is 1. The van der Waals surface area contributed by atoms with Crippen molar-refractivity contribution in [2.75, 3.05) is 10.0 Å². The highest BCUT2D eigenvalue weighted by Gasteiger charge is 2.16. The monoisotopic (exact) mass is 385 g/mol. The lowest BCUT2D eigenvalue weighted by Gasteiger charge is -2.10. The molecule has 0 fully saturated rings. The summed E-state index contributed by atoms with van der Waals surface area (Å²) in [5.74, 6) is -1.15. The number of hydrogen-bond acceptors (Lipinski definition) is 4. The Labute approximate surface area is 154 Å². The molecule has 0 spiro atoms. The Morgan fingerprint density at radius 2 is 1.59 bits per heavy atom. The van der Waals surface area contributed by atoms with Gasteiger partial charge in [0, 0.05) is 11.4 Å². The number of hydrogen-bond donors (Lipinski definition) is 4. The predicted octanol–water partition coefficient (Wildman–Crippen LogP) is 2.83. The van der Waals surface area contributed by atoms with Crippen molar-refractivity contribution in [3.63, 3.8) is 0 Å². The molecule has 0 bridgehead atoms. The fourth-order valence-corrected chi connectivity index (χ4v) is 3.63. The maximum absolute atomic E-state index is 12.6. The van der Waals surface area contributed by atoms with Crippen molar-refractivity contribution in [2.24, 2.45) is 5.73 Å². The largest absolute Gasteiger partial charge is 0.478 e. The van der Waals surface area contributed by atoms with Crippen LogP contribution in [0.5, 0.6) is 0 Å². The second-order valence-corrected chi connectivity index (χ2v) is 7.39. The van der Waals surface area contributed by atoms with Gasteiger partial charge in [0.1, 0.15) is 0 Å². The van der Waals surface area contributed by atoms with Gasteiger partial charge in [0.2, 0.25) is 0 Å². The fraction of sp³-hybridized carbons (Fsp3) is 0. The van der Waals surface area contributed by atoms with E-state index in [1.165, 1.54) is 36.4 Å². The zero-order valence-electron chi connectivity index (χ0n) is 13.8. The van der Waals surface area contributed by atoms with Gasteiger partial charge < -0.3 is 16.2 Å². The van der Waals surface area contributed by atoms with E-state index in [1.54, 1.807) is 24.3 Å². The average Bonchev–Trinajstić information content (AvgIpc) is 2.60. The molecule has 3 aromatic rings. The normalized spacial score (nSPS) is 11.1. The molecule has 2 amide bonds. The van der Waals surface area contributed by atoms with Gasteiger partial charge in [0.25, 0.3) is 10.0 Å². The molecule has 5 N–H and O–H groups in total. The molecule has 27 heavy (non-hydrogen) atoms. The van der Waals surface area contributed by atoms with Crippen molar-refractivity contribution < 1.29 is 23.1 Å². The van der Waals surface area contributed by atoms with Crippen LogP contribution in [0.15, 0.2) is 65.6 Å². The first-order valence-electron chi connectivity index (χ1n) is 7.71. The SMILES string of the molecule is NC(=O)Nc1ccc2cc(S(=O)(=O)Nc3cccc(C(=O)O)c3)ccc2c1. The molecule has 0 aromatic heterocycles. The third-order valence-corrected chi connectivity index (χ3v) is 5.13. The summed E-state index contributed by atoms with van der Waals surface area (Å²) in [5, 5.41) is 12.8. The van der Waals surface area contributed by atoms with Crippen LogP contribution in [-0.2, 0) is 10.0 Å². The molecular formula is C18H15N3O5S. The molecule has 0 aliphatic rings. The van der Waals surface area contributed by atoms with Crippen molar-refractivity contribution in [2.45, 2.75) is 4.90 Å². The molecule has 0 heterocycles. The van der Waals surface area contributed by atoms with Gasteiger partial charge in [-0.05, 0) is 53.2 Å². The maximum Gasteiger partial charge on any atom is 0.335 e. The highest BCUT2D eigenvalue weighted by Crippen LogP contribution is 2.24. The number of sulfonamides is 1. The zero-order chi connectivity index (χ0) is 19.6. The summed E-state index contributed by atoms with van der Waals surface area (Å²) in [4.78, 5) is 22.0. The van der Waals surface area contributed by atoms with E-state index in [-0.39, 0.29) is 16.1 Å². The number of fused-ring (bicyclic) bond motifs is 1. The van der Waals surface area contributed by atoms with Crippen LogP contribution in [0.4, 0.5) is 16.2 Å². The smallest absolute Gasteiger partial charge is 0.335 e. The third-order valence-electron chi connectivity index (χ3n) is 3.75. The summed E-state index contributed by atoms with van der Waals surface area (Å²) in [6.45, 7) is 0. The number of carbonyl (C=O) groups is 2. The number of benzene rings is 3. The molecule has 138 valence electrons. The highest BCUT2D eigenvalue weighted by molar-refractivity contribution is 7.92. The molecule has 0 atom stereocenters. The summed E-state index contributed by atoms with van der Waals surface area (Å²) in [6.07, 6.45) is 0. The number of carboxylic acids is 1. The maximum atomic E-state index is 12.6. The minimum absolute atomic E-state index is 0.0198. The lowest BCUT2D eigenvalue weighted by molar-refractivity contribution is 0.0697. The lowest BCUT2D eigenvalue weighted by atomic mass is 10.1. The van der Waals surface area contributed by atoms with Crippen LogP contribution in [0.25, 0.3) is 10.8 Å². The Morgan fingerprint density at radius 1 is 0.889 bits per heavy atom. The van der Waals surface area contributed by atoms with Crippen molar-refractivity contribution in [3.8, 4) is 0 Å². The summed E-state index contributed by atoms with van der Waals surface area (Å²) in [6, 6.07) is 14.3.